The van der Waals surface area contributed by atoms with Gasteiger partial charge >= 0.3 is 0 Å². The minimum atomic E-state index is 1.37. The van der Waals surface area contributed by atoms with Crippen molar-refractivity contribution in [2.45, 2.75) is 187 Å². The third-order valence-electron chi connectivity index (χ3n) is 6.77. The number of hydrogen-bond donors (Lipinski definition) is 0. The van der Waals surface area contributed by atoms with Crippen LogP contribution in [0.4, 0.5) is 0 Å². The first-order chi connectivity index (χ1) is 14.9. The quantitative estimate of drug-likeness (QED) is 0.116. The molecule has 0 aliphatic carbocycles. The van der Waals surface area contributed by atoms with Gasteiger partial charge in [-0.25, -0.2) is 0 Å². The summed E-state index contributed by atoms with van der Waals surface area (Å²) >= 11 is 0. The van der Waals surface area contributed by atoms with Crippen LogP contribution < -0.4 is 0 Å². The Morgan fingerprint density at radius 3 is 0.700 bits per heavy atom. The monoisotopic (exact) mass is 421 g/mol. The van der Waals surface area contributed by atoms with Crippen LogP contribution in [0, 0.1) is 6.42 Å². The van der Waals surface area contributed by atoms with Gasteiger partial charge in [0, 0.05) is 0 Å². The molecule has 0 amide bonds. The summed E-state index contributed by atoms with van der Waals surface area (Å²) in [4.78, 5) is 0. The Hall–Kier alpha value is 0. The largest absolute Gasteiger partial charge is 0.0654 e. The predicted molar refractivity (Wildman–Crippen MR) is 140 cm³/mol. The van der Waals surface area contributed by atoms with Crippen molar-refractivity contribution in [2.75, 3.05) is 0 Å². The Bertz CT molecular complexity index is 241. The molecule has 0 aromatic rings. The van der Waals surface area contributed by atoms with Gasteiger partial charge in [0.05, 0.1) is 0 Å². The maximum Gasteiger partial charge on any atom is -0.0386 e. The molecule has 0 atom stereocenters. The fourth-order valence-electron chi connectivity index (χ4n) is 4.58. The zero-order chi connectivity index (χ0) is 21.8. The third kappa shape index (κ3) is 28.0. The zero-order valence-electron chi connectivity index (χ0n) is 21.7. The molecule has 0 fully saturated rings. The van der Waals surface area contributed by atoms with Crippen molar-refractivity contribution in [3.8, 4) is 0 Å². The van der Waals surface area contributed by atoms with Gasteiger partial charge in [-0.15, -0.1) is 0 Å². The van der Waals surface area contributed by atoms with Crippen molar-refractivity contribution < 1.29 is 0 Å². The minimum Gasteiger partial charge on any atom is -0.0654 e. The van der Waals surface area contributed by atoms with Gasteiger partial charge in [-0.3, -0.25) is 0 Å². The fourth-order valence-corrected chi connectivity index (χ4v) is 4.58. The average Bonchev–Trinajstić information content (AvgIpc) is 2.76. The lowest BCUT2D eigenvalue weighted by atomic mass is 10.0. The Labute approximate surface area is 193 Å². The number of rotatable bonds is 27. The van der Waals surface area contributed by atoms with E-state index in [9.17, 15) is 0 Å². The van der Waals surface area contributed by atoms with E-state index in [1.165, 1.54) is 173 Å². The van der Waals surface area contributed by atoms with Crippen LogP contribution >= 0.6 is 0 Å². The molecule has 0 heterocycles. The lowest BCUT2D eigenvalue weighted by molar-refractivity contribution is 0.524. The van der Waals surface area contributed by atoms with Gasteiger partial charge in [-0.05, 0) is 6.42 Å². The highest BCUT2D eigenvalue weighted by atomic mass is 14.0. The minimum absolute atomic E-state index is 1.37. The molecule has 0 spiro atoms. The van der Waals surface area contributed by atoms with Gasteiger partial charge < -0.3 is 0 Å². The van der Waals surface area contributed by atoms with Crippen molar-refractivity contribution in [3.05, 3.63) is 6.42 Å². The Morgan fingerprint density at radius 1 is 0.267 bits per heavy atom. The lowest BCUT2D eigenvalue weighted by Crippen LogP contribution is -1.85. The van der Waals surface area contributed by atoms with Crippen molar-refractivity contribution >= 4 is 0 Å². The molecule has 0 bridgehead atoms. The third-order valence-corrected chi connectivity index (χ3v) is 6.77. The molecule has 0 aromatic carbocycles. The van der Waals surface area contributed by atoms with Crippen molar-refractivity contribution in [3.63, 3.8) is 0 Å². The summed E-state index contributed by atoms with van der Waals surface area (Å²) in [5.41, 5.74) is 0. The SMILES string of the molecule is CCCCCCCCC[CH]CCCCCCCCCCCCCCCCCCCC. The summed E-state index contributed by atoms with van der Waals surface area (Å²) in [6.45, 7) is 4.60. The predicted octanol–water partition coefficient (Wildman–Crippen LogP) is 11.8. The summed E-state index contributed by atoms with van der Waals surface area (Å²) in [6, 6.07) is 0. The van der Waals surface area contributed by atoms with Crippen LogP contribution in [0.25, 0.3) is 0 Å². The van der Waals surface area contributed by atoms with Crippen LogP contribution in [0.15, 0.2) is 0 Å². The van der Waals surface area contributed by atoms with Gasteiger partial charge in [0.1, 0.15) is 0 Å². The molecule has 0 aliphatic rings. The van der Waals surface area contributed by atoms with E-state index in [2.05, 4.69) is 20.3 Å². The molecule has 30 heavy (non-hydrogen) atoms. The van der Waals surface area contributed by atoms with Crippen LogP contribution in [0.3, 0.4) is 0 Å². The van der Waals surface area contributed by atoms with E-state index in [-0.39, 0.29) is 0 Å². The van der Waals surface area contributed by atoms with Gasteiger partial charge in [0.15, 0.2) is 0 Å². The van der Waals surface area contributed by atoms with E-state index in [0.717, 1.165) is 0 Å². The zero-order valence-corrected chi connectivity index (χ0v) is 21.7. The molecule has 0 saturated heterocycles. The highest BCUT2D eigenvalue weighted by Crippen LogP contribution is 2.15. The van der Waals surface area contributed by atoms with E-state index in [1.54, 1.807) is 0 Å². The molecule has 0 aromatic heterocycles. The smallest absolute Gasteiger partial charge is 0.0386 e. The molecular formula is C30H61. The van der Waals surface area contributed by atoms with Gasteiger partial charge in [-0.1, -0.05) is 187 Å². The van der Waals surface area contributed by atoms with Crippen LogP contribution in [0.5, 0.6) is 0 Å². The van der Waals surface area contributed by atoms with Gasteiger partial charge in [-0.2, -0.15) is 0 Å². The Morgan fingerprint density at radius 2 is 0.467 bits per heavy atom. The van der Waals surface area contributed by atoms with E-state index in [0.29, 0.717) is 0 Å². The van der Waals surface area contributed by atoms with E-state index in [1.807, 2.05) is 0 Å². The highest BCUT2D eigenvalue weighted by molar-refractivity contribution is 4.64. The Kier molecular flexibility index (Phi) is 29.0. The second kappa shape index (κ2) is 29.0. The van der Waals surface area contributed by atoms with Crippen LogP contribution in [0.2, 0.25) is 0 Å². The van der Waals surface area contributed by atoms with Crippen LogP contribution in [0.1, 0.15) is 187 Å². The second-order valence-corrected chi connectivity index (χ2v) is 10.00. The molecule has 0 N–H and O–H groups in total. The van der Waals surface area contributed by atoms with Crippen molar-refractivity contribution in [1.82, 2.24) is 0 Å². The van der Waals surface area contributed by atoms with Gasteiger partial charge in [0.2, 0.25) is 0 Å². The van der Waals surface area contributed by atoms with E-state index in [4.69, 9.17) is 0 Å². The molecule has 0 nitrogen and oxygen atoms in total. The van der Waals surface area contributed by atoms with E-state index < -0.39 is 0 Å². The van der Waals surface area contributed by atoms with Crippen LogP contribution in [-0.2, 0) is 0 Å². The second-order valence-electron chi connectivity index (χ2n) is 10.00. The molecule has 0 aliphatic heterocycles. The van der Waals surface area contributed by atoms with Crippen molar-refractivity contribution in [2.24, 2.45) is 0 Å². The summed E-state index contributed by atoms with van der Waals surface area (Å²) < 4.78 is 0. The fraction of sp³-hybridized carbons (Fsp3) is 0.967. The molecule has 1 radical (unpaired) electrons. The average molecular weight is 422 g/mol. The van der Waals surface area contributed by atoms with Crippen molar-refractivity contribution in [1.29, 1.82) is 0 Å². The standard InChI is InChI=1S/C30H61/c1-3-5-7-9-11-13-15-17-19-21-23-25-27-29-30-28-26-24-22-20-18-16-14-12-10-8-6-4-2/h19H,3-18,20-30H2,1-2H3. The van der Waals surface area contributed by atoms with Crippen LogP contribution in [-0.4, -0.2) is 0 Å². The lowest BCUT2D eigenvalue weighted by Gasteiger charge is -2.04. The molecule has 0 saturated carbocycles. The maximum absolute atomic E-state index is 2.57. The first-order valence-corrected chi connectivity index (χ1v) is 14.7. The van der Waals surface area contributed by atoms with E-state index >= 15 is 0 Å². The maximum atomic E-state index is 2.57. The molecule has 181 valence electrons. The highest BCUT2D eigenvalue weighted by Gasteiger charge is 1.96. The summed E-state index contributed by atoms with van der Waals surface area (Å²) in [6.07, 6.45) is 41.9. The summed E-state index contributed by atoms with van der Waals surface area (Å²) in [5.74, 6) is 0. The molecular weight excluding hydrogens is 360 g/mol. The number of unbranched alkanes of at least 4 members (excludes halogenated alkanes) is 27. The summed E-state index contributed by atoms with van der Waals surface area (Å²) in [7, 11) is 0. The Balaban J connectivity index is 2.97. The normalized spacial score (nSPS) is 11.4. The summed E-state index contributed by atoms with van der Waals surface area (Å²) in [5, 5.41) is 0. The molecule has 0 heteroatoms. The number of hydrogen-bond acceptors (Lipinski definition) is 0. The first kappa shape index (κ1) is 30.0. The topological polar surface area (TPSA) is 0 Å². The first-order valence-electron chi connectivity index (χ1n) is 14.7. The van der Waals surface area contributed by atoms with Gasteiger partial charge in [0.25, 0.3) is 0 Å². The molecule has 0 rings (SSSR count). The molecule has 0 unspecified atom stereocenters.